The van der Waals surface area contributed by atoms with Crippen LogP contribution in [-0.2, 0) is 6.54 Å². The van der Waals surface area contributed by atoms with Crippen molar-refractivity contribution in [2.24, 2.45) is 0 Å². The van der Waals surface area contributed by atoms with E-state index in [-0.39, 0.29) is 17.0 Å². The summed E-state index contributed by atoms with van der Waals surface area (Å²) in [6, 6.07) is 16.7. The second-order valence-corrected chi connectivity index (χ2v) is 5.34. The molecule has 0 amide bonds. The first kappa shape index (κ1) is 15.0. The molecule has 3 rings (SSSR count). The lowest BCUT2D eigenvalue weighted by Gasteiger charge is -2.10. The average Bonchev–Trinajstić information content (AvgIpc) is 2.59. The van der Waals surface area contributed by atoms with Crippen LogP contribution in [-0.4, -0.2) is 14.7 Å². The molecule has 0 fully saturated rings. The van der Waals surface area contributed by atoms with Crippen molar-refractivity contribution in [1.29, 1.82) is 0 Å². The number of nitrogens with zero attached hydrogens (tertiary/aromatic N) is 2. The predicted molar refractivity (Wildman–Crippen MR) is 93.2 cm³/mol. The predicted octanol–water partition coefficient (Wildman–Crippen LogP) is 3.86. The van der Waals surface area contributed by atoms with E-state index in [1.165, 1.54) is 6.08 Å². The Balaban J connectivity index is 2.18. The molecule has 1 aromatic heterocycles. The fourth-order valence-electron chi connectivity index (χ4n) is 2.57. The lowest BCUT2D eigenvalue weighted by molar-refractivity contribution is 0.515. The van der Waals surface area contributed by atoms with Crippen molar-refractivity contribution in [3.05, 3.63) is 76.2 Å². The molecule has 0 aliphatic carbocycles. The van der Waals surface area contributed by atoms with Crippen molar-refractivity contribution in [3.63, 3.8) is 0 Å². The zero-order chi connectivity index (χ0) is 16.2. The first-order chi connectivity index (χ1) is 11.2. The van der Waals surface area contributed by atoms with Crippen molar-refractivity contribution >= 4 is 22.9 Å². The van der Waals surface area contributed by atoms with Gasteiger partial charge in [0.05, 0.1) is 11.0 Å². The second-order valence-electron chi connectivity index (χ2n) is 5.34. The fraction of sp³-hybridized carbons (Fsp3) is 0.158. The summed E-state index contributed by atoms with van der Waals surface area (Å²) in [5.74, 6) is 0.0357. The van der Waals surface area contributed by atoms with Crippen LogP contribution in [0.15, 0.2) is 59.4 Å². The molecule has 0 aliphatic heterocycles. The molecule has 116 valence electrons. The highest BCUT2D eigenvalue weighted by molar-refractivity contribution is 5.79. The van der Waals surface area contributed by atoms with Crippen LogP contribution in [0, 0.1) is 0 Å². The molecule has 0 spiro atoms. The van der Waals surface area contributed by atoms with Crippen molar-refractivity contribution in [3.8, 4) is 0 Å². The summed E-state index contributed by atoms with van der Waals surface area (Å²) in [5.41, 5.74) is 2.28. The molecule has 4 heteroatoms. The number of aryl methyl sites for hydroxylation is 1. The Hall–Kier alpha value is -2.88. The van der Waals surface area contributed by atoms with Crippen LogP contribution < -0.4 is 5.56 Å². The van der Waals surface area contributed by atoms with Crippen LogP contribution in [0.4, 0.5) is 0 Å². The van der Waals surface area contributed by atoms with Crippen LogP contribution >= 0.6 is 0 Å². The van der Waals surface area contributed by atoms with Crippen molar-refractivity contribution < 1.29 is 5.11 Å². The van der Waals surface area contributed by atoms with E-state index in [2.05, 4.69) is 4.98 Å². The topological polar surface area (TPSA) is 55.1 Å². The van der Waals surface area contributed by atoms with Gasteiger partial charge in [0.15, 0.2) is 0 Å². The van der Waals surface area contributed by atoms with Crippen LogP contribution in [0.1, 0.15) is 24.6 Å². The largest absolute Gasteiger partial charge is 0.507 e. The van der Waals surface area contributed by atoms with E-state index in [1.54, 1.807) is 16.7 Å². The Morgan fingerprint density at radius 2 is 1.83 bits per heavy atom. The molecule has 0 radical (unpaired) electrons. The minimum atomic E-state index is -0.187. The summed E-state index contributed by atoms with van der Waals surface area (Å²) in [7, 11) is 0. The number of hydrogen-bond acceptors (Lipinski definition) is 3. The highest BCUT2D eigenvalue weighted by Gasteiger charge is 2.10. The van der Waals surface area contributed by atoms with Gasteiger partial charge in [0.25, 0.3) is 5.56 Å². The standard InChI is InChI=1S/C19H18N2O2/c1-2-12-21-17-11-7-6-10-15(17)20-16(19(21)23)13-18(22)14-8-4-3-5-9-14/h3-11,13,22H,2,12H2,1H3/b18-13-. The van der Waals surface area contributed by atoms with Gasteiger partial charge < -0.3 is 9.67 Å². The summed E-state index contributed by atoms with van der Waals surface area (Å²) in [4.78, 5) is 17.1. The van der Waals surface area contributed by atoms with Gasteiger partial charge in [-0.15, -0.1) is 0 Å². The molecule has 0 atom stereocenters. The lowest BCUT2D eigenvalue weighted by atomic mass is 10.1. The number of aliphatic hydroxyl groups excluding tert-OH is 1. The Kier molecular flexibility index (Phi) is 4.24. The minimum absolute atomic E-state index is 0.0357. The third-order valence-electron chi connectivity index (χ3n) is 3.67. The Morgan fingerprint density at radius 1 is 1.13 bits per heavy atom. The van der Waals surface area contributed by atoms with E-state index < -0.39 is 0 Å². The van der Waals surface area contributed by atoms with Gasteiger partial charge in [-0.2, -0.15) is 0 Å². The van der Waals surface area contributed by atoms with Crippen LogP contribution in [0.3, 0.4) is 0 Å². The van der Waals surface area contributed by atoms with E-state index in [4.69, 9.17) is 0 Å². The number of para-hydroxylation sites is 2. The quantitative estimate of drug-likeness (QED) is 0.745. The van der Waals surface area contributed by atoms with Gasteiger partial charge in [-0.3, -0.25) is 4.79 Å². The van der Waals surface area contributed by atoms with Gasteiger partial charge in [-0.05, 0) is 18.6 Å². The molecular formula is C19H18N2O2. The smallest absolute Gasteiger partial charge is 0.277 e. The second kappa shape index (κ2) is 6.48. The summed E-state index contributed by atoms with van der Waals surface area (Å²) < 4.78 is 1.71. The maximum absolute atomic E-state index is 12.7. The molecule has 0 aliphatic rings. The molecule has 2 aromatic carbocycles. The monoisotopic (exact) mass is 306 g/mol. The molecule has 1 heterocycles. The van der Waals surface area contributed by atoms with Gasteiger partial charge in [0.2, 0.25) is 0 Å². The van der Waals surface area contributed by atoms with Crippen LogP contribution in [0.2, 0.25) is 0 Å². The van der Waals surface area contributed by atoms with E-state index in [0.29, 0.717) is 12.1 Å². The molecule has 0 saturated carbocycles. The SMILES string of the molecule is CCCn1c(=O)c(/C=C(\O)c2ccccc2)nc2ccccc21. The maximum atomic E-state index is 12.7. The number of aliphatic hydroxyl groups is 1. The first-order valence-corrected chi connectivity index (χ1v) is 7.66. The first-order valence-electron chi connectivity index (χ1n) is 7.66. The zero-order valence-electron chi connectivity index (χ0n) is 12.9. The number of aromatic nitrogens is 2. The number of rotatable bonds is 4. The molecule has 4 nitrogen and oxygen atoms in total. The van der Waals surface area contributed by atoms with Gasteiger partial charge in [0, 0.05) is 18.2 Å². The van der Waals surface area contributed by atoms with Gasteiger partial charge in [0.1, 0.15) is 11.5 Å². The maximum Gasteiger partial charge on any atom is 0.277 e. The van der Waals surface area contributed by atoms with Gasteiger partial charge in [-0.25, -0.2) is 4.98 Å². The van der Waals surface area contributed by atoms with E-state index >= 15 is 0 Å². The number of fused-ring (bicyclic) bond motifs is 1. The Morgan fingerprint density at radius 3 is 2.57 bits per heavy atom. The van der Waals surface area contributed by atoms with Gasteiger partial charge in [-0.1, -0.05) is 49.4 Å². The van der Waals surface area contributed by atoms with Crippen molar-refractivity contribution in [2.75, 3.05) is 0 Å². The Bertz CT molecular complexity index is 912. The molecule has 0 saturated heterocycles. The molecule has 0 unspecified atom stereocenters. The van der Waals surface area contributed by atoms with Crippen molar-refractivity contribution in [2.45, 2.75) is 19.9 Å². The summed E-state index contributed by atoms with van der Waals surface area (Å²) >= 11 is 0. The molecule has 23 heavy (non-hydrogen) atoms. The normalized spacial score (nSPS) is 11.8. The van der Waals surface area contributed by atoms with Crippen LogP contribution in [0.5, 0.6) is 0 Å². The highest BCUT2D eigenvalue weighted by Crippen LogP contribution is 2.15. The average molecular weight is 306 g/mol. The molecule has 3 aromatic rings. The summed E-state index contributed by atoms with van der Waals surface area (Å²) in [6.45, 7) is 2.65. The minimum Gasteiger partial charge on any atom is -0.507 e. The van der Waals surface area contributed by atoms with E-state index in [0.717, 1.165) is 17.5 Å². The summed E-state index contributed by atoms with van der Waals surface area (Å²) in [5, 5.41) is 10.3. The number of hydrogen-bond donors (Lipinski definition) is 1. The zero-order valence-corrected chi connectivity index (χ0v) is 12.9. The van der Waals surface area contributed by atoms with Crippen LogP contribution in [0.25, 0.3) is 22.9 Å². The Labute approximate surface area is 134 Å². The fourth-order valence-corrected chi connectivity index (χ4v) is 2.57. The van der Waals surface area contributed by atoms with Gasteiger partial charge >= 0.3 is 0 Å². The van der Waals surface area contributed by atoms with E-state index in [9.17, 15) is 9.90 Å². The summed E-state index contributed by atoms with van der Waals surface area (Å²) in [6.07, 6.45) is 2.29. The van der Waals surface area contributed by atoms with E-state index in [1.807, 2.05) is 49.4 Å². The van der Waals surface area contributed by atoms with Crippen molar-refractivity contribution in [1.82, 2.24) is 9.55 Å². The third kappa shape index (κ3) is 3.01. The lowest BCUT2D eigenvalue weighted by Crippen LogP contribution is -2.24. The highest BCUT2D eigenvalue weighted by atomic mass is 16.3. The third-order valence-corrected chi connectivity index (χ3v) is 3.67. The number of benzene rings is 2. The molecular weight excluding hydrogens is 288 g/mol. The molecule has 0 bridgehead atoms. The molecule has 1 N–H and O–H groups in total.